The molecular weight excluding hydrogens is 402 g/mol. The molecule has 0 bridgehead atoms. The molecule has 3 aromatic rings. The lowest BCUT2D eigenvalue weighted by molar-refractivity contribution is -0.131. The zero-order valence-electron chi connectivity index (χ0n) is 18.4. The Kier molecular flexibility index (Phi) is 7.13. The van der Waals surface area contributed by atoms with Crippen LogP contribution in [0.4, 0.5) is 0 Å². The molecule has 162 valence electrons. The normalized spacial score (nSPS) is 14.9. The fourth-order valence-electron chi connectivity index (χ4n) is 4.19. The Morgan fingerprint density at radius 1 is 1.06 bits per heavy atom. The van der Waals surface area contributed by atoms with E-state index in [1.165, 1.54) is 4.90 Å². The van der Waals surface area contributed by atoms with Gasteiger partial charge >= 0.3 is 0 Å². The summed E-state index contributed by atoms with van der Waals surface area (Å²) in [6, 6.07) is 18.8. The Balaban J connectivity index is 1.28. The molecule has 0 radical (unpaired) electrons. The molecule has 1 aromatic heterocycles. The quantitative estimate of drug-likeness (QED) is 0.460. The highest BCUT2D eigenvalue weighted by Gasteiger charge is 2.23. The molecule has 31 heavy (non-hydrogen) atoms. The number of piperidine rings is 1. The number of imidazole rings is 1. The molecule has 0 atom stereocenters. The van der Waals surface area contributed by atoms with Crippen molar-refractivity contribution in [2.75, 3.05) is 13.1 Å². The second-order valence-corrected chi connectivity index (χ2v) is 10.2. The summed E-state index contributed by atoms with van der Waals surface area (Å²) in [6.07, 6.45) is 6.54. The van der Waals surface area contributed by atoms with Crippen molar-refractivity contribution in [3.8, 4) is 11.4 Å². The van der Waals surface area contributed by atoms with Crippen LogP contribution in [0.25, 0.3) is 11.4 Å². The summed E-state index contributed by atoms with van der Waals surface area (Å²) in [6.45, 7) is 7.05. The maximum absolute atomic E-state index is 12.8. The van der Waals surface area contributed by atoms with Crippen LogP contribution in [0.5, 0.6) is 0 Å². The predicted octanol–water partition coefficient (Wildman–Crippen LogP) is 5.53. The first-order valence-corrected chi connectivity index (χ1v) is 12.1. The zero-order chi connectivity index (χ0) is 21.6. The fraction of sp³-hybridized carbons (Fsp3) is 0.385. The number of thioether (sulfide) groups is 1. The smallest absolute Gasteiger partial charge is 0.226 e. The Bertz CT molecular complexity index is 973. The molecule has 1 aliphatic heterocycles. The number of carbonyl (C=O) groups excluding carboxylic acids is 1. The zero-order valence-corrected chi connectivity index (χ0v) is 19.2. The molecule has 4 nitrogen and oxygen atoms in total. The average molecular weight is 434 g/mol. The number of hydrogen-bond acceptors (Lipinski definition) is 3. The maximum atomic E-state index is 12.8. The monoisotopic (exact) mass is 433 g/mol. The van der Waals surface area contributed by atoms with Crippen LogP contribution in [0.3, 0.4) is 0 Å². The van der Waals surface area contributed by atoms with Gasteiger partial charge in [-0.1, -0.05) is 56.3 Å². The van der Waals surface area contributed by atoms with Gasteiger partial charge < -0.3 is 9.47 Å². The Morgan fingerprint density at radius 2 is 1.77 bits per heavy atom. The number of hydrogen-bond donors (Lipinski definition) is 0. The first-order chi connectivity index (χ1) is 15.1. The molecule has 0 unspecified atom stereocenters. The van der Waals surface area contributed by atoms with Gasteiger partial charge in [0.2, 0.25) is 5.91 Å². The van der Waals surface area contributed by atoms with Crippen molar-refractivity contribution in [3.63, 3.8) is 0 Å². The highest BCUT2D eigenvalue weighted by molar-refractivity contribution is 7.99. The highest BCUT2D eigenvalue weighted by Crippen LogP contribution is 2.25. The molecule has 2 heterocycles. The average Bonchev–Trinajstić information content (AvgIpc) is 3.24. The molecule has 0 N–H and O–H groups in total. The number of nitrogens with zero attached hydrogens (tertiary/aromatic N) is 3. The minimum Gasteiger partial charge on any atom is -0.342 e. The van der Waals surface area contributed by atoms with Crippen molar-refractivity contribution in [1.29, 1.82) is 0 Å². The highest BCUT2D eigenvalue weighted by atomic mass is 32.2. The van der Waals surface area contributed by atoms with Crippen LogP contribution in [0.1, 0.15) is 32.3 Å². The molecule has 2 aromatic carbocycles. The van der Waals surface area contributed by atoms with E-state index in [-0.39, 0.29) is 5.91 Å². The van der Waals surface area contributed by atoms with Gasteiger partial charge in [-0.15, -0.1) is 11.8 Å². The molecule has 1 aliphatic rings. The van der Waals surface area contributed by atoms with Crippen LogP contribution >= 0.6 is 11.8 Å². The van der Waals surface area contributed by atoms with Crippen molar-refractivity contribution in [1.82, 2.24) is 14.5 Å². The second-order valence-electron chi connectivity index (χ2n) is 8.58. The summed E-state index contributed by atoms with van der Waals surface area (Å²) < 4.78 is 2.26. The van der Waals surface area contributed by atoms with Gasteiger partial charge in [-0.25, -0.2) is 4.98 Å². The standard InChI is InChI=1S/C26H31N3OS/c1-20(2)31-24-10-8-21(9-11-24)18-25(30)28-15-12-22(13-16-28)19-29-17-14-27-26(29)23-6-4-3-5-7-23/h3-11,14,17,20,22H,12-13,15-16,18-19H2,1-2H3. The van der Waals surface area contributed by atoms with Crippen molar-refractivity contribution in [2.45, 2.75) is 49.8 Å². The van der Waals surface area contributed by atoms with Crippen molar-refractivity contribution in [2.24, 2.45) is 5.92 Å². The van der Waals surface area contributed by atoms with E-state index in [9.17, 15) is 4.79 Å². The van der Waals surface area contributed by atoms with E-state index in [1.807, 2.05) is 28.9 Å². The minimum atomic E-state index is 0.246. The number of rotatable bonds is 7. The van der Waals surface area contributed by atoms with E-state index in [0.29, 0.717) is 17.6 Å². The summed E-state index contributed by atoms with van der Waals surface area (Å²) in [7, 11) is 0. The van der Waals surface area contributed by atoms with Gasteiger partial charge in [0.05, 0.1) is 6.42 Å². The first-order valence-electron chi connectivity index (χ1n) is 11.2. The molecule has 0 saturated carbocycles. The maximum Gasteiger partial charge on any atom is 0.226 e. The predicted molar refractivity (Wildman–Crippen MR) is 128 cm³/mol. The molecule has 1 saturated heterocycles. The summed E-state index contributed by atoms with van der Waals surface area (Å²) in [5, 5.41) is 0.569. The lowest BCUT2D eigenvalue weighted by Gasteiger charge is -2.32. The van der Waals surface area contributed by atoms with Gasteiger partial charge in [-0.05, 0) is 36.5 Å². The minimum absolute atomic E-state index is 0.246. The molecule has 5 heteroatoms. The molecule has 1 amide bonds. The lowest BCUT2D eigenvalue weighted by atomic mass is 9.96. The van der Waals surface area contributed by atoms with Crippen LogP contribution in [-0.2, 0) is 17.8 Å². The van der Waals surface area contributed by atoms with Crippen LogP contribution in [0.15, 0.2) is 71.9 Å². The summed E-state index contributed by atoms with van der Waals surface area (Å²) in [4.78, 5) is 20.7. The third kappa shape index (κ3) is 5.79. The Labute approximate surface area is 189 Å². The van der Waals surface area contributed by atoms with Crippen LogP contribution in [-0.4, -0.2) is 38.7 Å². The van der Waals surface area contributed by atoms with Gasteiger partial charge in [0.25, 0.3) is 0 Å². The number of amides is 1. The Morgan fingerprint density at radius 3 is 2.45 bits per heavy atom. The van der Waals surface area contributed by atoms with Gasteiger partial charge in [0, 0.05) is 47.7 Å². The third-order valence-corrected chi connectivity index (χ3v) is 6.84. The number of aromatic nitrogens is 2. The van der Waals surface area contributed by atoms with E-state index < -0.39 is 0 Å². The van der Waals surface area contributed by atoms with Crippen molar-refractivity contribution < 1.29 is 4.79 Å². The molecule has 4 rings (SSSR count). The second kappa shape index (κ2) is 10.2. The number of likely N-dealkylation sites (tertiary alicyclic amines) is 1. The summed E-state index contributed by atoms with van der Waals surface area (Å²) in [5.74, 6) is 1.85. The van der Waals surface area contributed by atoms with E-state index >= 15 is 0 Å². The molecule has 0 aliphatic carbocycles. The fourth-order valence-corrected chi connectivity index (χ4v) is 5.03. The van der Waals surface area contributed by atoms with E-state index in [4.69, 9.17) is 0 Å². The Hall–Kier alpha value is -2.53. The van der Waals surface area contributed by atoms with Crippen LogP contribution in [0.2, 0.25) is 0 Å². The number of carbonyl (C=O) groups is 1. The van der Waals surface area contributed by atoms with Gasteiger partial charge in [-0.3, -0.25) is 4.79 Å². The topological polar surface area (TPSA) is 38.1 Å². The van der Waals surface area contributed by atoms with E-state index in [0.717, 1.165) is 49.4 Å². The summed E-state index contributed by atoms with van der Waals surface area (Å²) in [5.41, 5.74) is 2.25. The van der Waals surface area contributed by atoms with Crippen molar-refractivity contribution in [3.05, 3.63) is 72.6 Å². The van der Waals surface area contributed by atoms with E-state index in [1.54, 1.807) is 0 Å². The molecular formula is C26H31N3OS. The number of benzene rings is 2. The van der Waals surface area contributed by atoms with Crippen molar-refractivity contribution >= 4 is 17.7 Å². The van der Waals surface area contributed by atoms with Gasteiger partial charge in [0.1, 0.15) is 5.82 Å². The van der Waals surface area contributed by atoms with Crippen LogP contribution < -0.4 is 0 Å². The first kappa shape index (κ1) is 21.7. The van der Waals surface area contributed by atoms with Gasteiger partial charge in [0.15, 0.2) is 0 Å². The SMILES string of the molecule is CC(C)Sc1ccc(CC(=O)N2CCC(Cn3ccnc3-c3ccccc3)CC2)cc1. The van der Waals surface area contributed by atoms with Gasteiger partial charge in [-0.2, -0.15) is 0 Å². The largest absolute Gasteiger partial charge is 0.342 e. The third-order valence-electron chi connectivity index (χ3n) is 5.82. The summed E-state index contributed by atoms with van der Waals surface area (Å²) >= 11 is 1.85. The molecule has 1 fully saturated rings. The lowest BCUT2D eigenvalue weighted by Crippen LogP contribution is -2.40. The van der Waals surface area contributed by atoms with E-state index in [2.05, 4.69) is 78.1 Å². The molecule has 0 spiro atoms. The van der Waals surface area contributed by atoms with Crippen LogP contribution in [0, 0.1) is 5.92 Å².